The summed E-state index contributed by atoms with van der Waals surface area (Å²) >= 11 is 0. The zero-order chi connectivity index (χ0) is 18.0. The molecule has 0 saturated heterocycles. The molecular formula is C15H17F3N2O3. The van der Waals surface area contributed by atoms with Crippen molar-refractivity contribution in [1.82, 2.24) is 0 Å². The van der Waals surface area contributed by atoms with Crippen LogP contribution in [0.1, 0.15) is 36.7 Å². The number of ketones is 1. The van der Waals surface area contributed by atoms with Crippen LogP contribution in [0.5, 0.6) is 5.75 Å². The van der Waals surface area contributed by atoms with Gasteiger partial charge in [0.25, 0.3) is 0 Å². The second-order valence-corrected chi connectivity index (χ2v) is 5.84. The number of carbonyl (C=O) groups excluding carboxylic acids is 2. The molecule has 1 rings (SSSR count). The van der Waals surface area contributed by atoms with Crippen molar-refractivity contribution in [3.05, 3.63) is 41.1 Å². The Balaban J connectivity index is 3.30. The van der Waals surface area contributed by atoms with Gasteiger partial charge in [-0.2, -0.15) is 13.2 Å². The molecular weight excluding hydrogens is 313 g/mol. The summed E-state index contributed by atoms with van der Waals surface area (Å²) in [7, 11) is 0. The van der Waals surface area contributed by atoms with Gasteiger partial charge in [0.1, 0.15) is 11.4 Å². The third kappa shape index (κ3) is 5.01. The minimum atomic E-state index is -4.78. The van der Waals surface area contributed by atoms with Crippen molar-refractivity contribution < 1.29 is 27.5 Å². The Hall–Kier alpha value is -2.51. The van der Waals surface area contributed by atoms with Crippen LogP contribution in [0, 0.1) is 0 Å². The predicted octanol–water partition coefficient (Wildman–Crippen LogP) is 3.03. The van der Waals surface area contributed by atoms with Gasteiger partial charge in [0.15, 0.2) is 5.78 Å². The summed E-state index contributed by atoms with van der Waals surface area (Å²) in [6.07, 6.45) is -5.50. The zero-order valence-electron chi connectivity index (χ0n) is 12.8. The molecule has 0 bridgehead atoms. The summed E-state index contributed by atoms with van der Waals surface area (Å²) in [4.78, 5) is 22.8. The Bertz CT molecular complexity index is 659. The standard InChI is InChI=1S/C15H17F3N2O3/c1-14(2,3)9-6-8(4-5-11(9)23-13(20)22)10(21)7-12(19)15(16,17)18/h4-7H,19H2,1-3H3,(H2,20,22). The highest BCUT2D eigenvalue weighted by Crippen LogP contribution is 2.32. The van der Waals surface area contributed by atoms with Gasteiger partial charge in [0.05, 0.1) is 0 Å². The van der Waals surface area contributed by atoms with E-state index in [2.05, 4.69) is 0 Å². The van der Waals surface area contributed by atoms with Crippen LogP contribution in [0.2, 0.25) is 0 Å². The van der Waals surface area contributed by atoms with Crippen molar-refractivity contribution in [1.29, 1.82) is 0 Å². The number of alkyl halides is 3. The number of nitrogens with two attached hydrogens (primary N) is 2. The van der Waals surface area contributed by atoms with Crippen LogP contribution in [0.3, 0.4) is 0 Å². The average molecular weight is 330 g/mol. The number of hydrogen-bond acceptors (Lipinski definition) is 4. The molecule has 0 heterocycles. The van der Waals surface area contributed by atoms with E-state index in [1.165, 1.54) is 18.2 Å². The summed E-state index contributed by atoms with van der Waals surface area (Å²) in [6.45, 7) is 5.35. The highest BCUT2D eigenvalue weighted by molar-refractivity contribution is 6.05. The van der Waals surface area contributed by atoms with Gasteiger partial charge >= 0.3 is 12.3 Å². The summed E-state index contributed by atoms with van der Waals surface area (Å²) < 4.78 is 42.0. The van der Waals surface area contributed by atoms with Gasteiger partial charge in [-0.1, -0.05) is 20.8 Å². The number of hydrogen-bond donors (Lipinski definition) is 2. The Morgan fingerprint density at radius 3 is 2.13 bits per heavy atom. The van der Waals surface area contributed by atoms with Crippen LogP contribution < -0.4 is 16.2 Å². The van der Waals surface area contributed by atoms with Crippen molar-refractivity contribution in [3.8, 4) is 5.75 Å². The first-order valence-electron chi connectivity index (χ1n) is 6.53. The lowest BCUT2D eigenvalue weighted by atomic mass is 9.85. The quantitative estimate of drug-likeness (QED) is 0.658. The summed E-state index contributed by atoms with van der Waals surface area (Å²) in [6, 6.07) is 3.88. The van der Waals surface area contributed by atoms with Gasteiger partial charge in [-0.25, -0.2) is 4.79 Å². The van der Waals surface area contributed by atoms with E-state index >= 15 is 0 Å². The van der Waals surface area contributed by atoms with Gasteiger partial charge in [-0.15, -0.1) is 0 Å². The first-order valence-corrected chi connectivity index (χ1v) is 6.53. The highest BCUT2D eigenvalue weighted by atomic mass is 19.4. The largest absolute Gasteiger partial charge is 0.430 e. The van der Waals surface area contributed by atoms with Gasteiger partial charge in [-0.3, -0.25) is 4.79 Å². The third-order valence-corrected chi connectivity index (χ3v) is 2.90. The monoisotopic (exact) mass is 330 g/mol. The zero-order valence-corrected chi connectivity index (χ0v) is 12.8. The molecule has 0 saturated carbocycles. The van der Waals surface area contributed by atoms with E-state index in [-0.39, 0.29) is 11.3 Å². The minimum absolute atomic E-state index is 0.0149. The Morgan fingerprint density at radius 1 is 1.13 bits per heavy atom. The number of rotatable bonds is 3. The number of allylic oxidation sites excluding steroid dienone is 2. The van der Waals surface area contributed by atoms with Crippen molar-refractivity contribution in [2.75, 3.05) is 0 Å². The lowest BCUT2D eigenvalue weighted by Crippen LogP contribution is -2.22. The van der Waals surface area contributed by atoms with Gasteiger partial charge < -0.3 is 16.2 Å². The topological polar surface area (TPSA) is 95.4 Å². The fraction of sp³-hybridized carbons (Fsp3) is 0.333. The van der Waals surface area contributed by atoms with Crippen LogP contribution in [0.15, 0.2) is 30.0 Å². The van der Waals surface area contributed by atoms with E-state index in [4.69, 9.17) is 16.2 Å². The van der Waals surface area contributed by atoms with Crippen molar-refractivity contribution in [2.24, 2.45) is 11.5 Å². The lowest BCUT2D eigenvalue weighted by molar-refractivity contribution is -0.0927. The smallest absolute Gasteiger partial charge is 0.410 e. The Morgan fingerprint density at radius 2 is 1.70 bits per heavy atom. The molecule has 0 spiro atoms. The maximum atomic E-state index is 12.4. The summed E-state index contributed by atoms with van der Waals surface area (Å²) in [5.41, 5.74) is 8.21. The van der Waals surface area contributed by atoms with Gasteiger partial charge in [0.2, 0.25) is 0 Å². The van der Waals surface area contributed by atoms with E-state index in [0.29, 0.717) is 11.6 Å². The molecule has 0 radical (unpaired) electrons. The molecule has 1 aromatic carbocycles. The molecule has 0 atom stereocenters. The highest BCUT2D eigenvalue weighted by Gasteiger charge is 2.32. The first-order chi connectivity index (χ1) is 10.3. The Kier molecular flexibility index (Phi) is 5.09. The van der Waals surface area contributed by atoms with Gasteiger partial charge in [-0.05, 0) is 23.6 Å². The molecule has 5 nitrogen and oxygen atoms in total. The predicted molar refractivity (Wildman–Crippen MR) is 78.0 cm³/mol. The molecule has 0 fully saturated rings. The molecule has 0 unspecified atom stereocenters. The summed E-state index contributed by atoms with van der Waals surface area (Å²) in [5.74, 6) is -0.773. The van der Waals surface area contributed by atoms with E-state index in [1.54, 1.807) is 20.8 Å². The van der Waals surface area contributed by atoms with E-state index in [1.807, 2.05) is 0 Å². The third-order valence-electron chi connectivity index (χ3n) is 2.90. The number of carbonyl (C=O) groups is 2. The molecule has 8 heteroatoms. The molecule has 1 amide bonds. The molecule has 1 aromatic rings. The van der Waals surface area contributed by atoms with Crippen LogP contribution in [0.25, 0.3) is 0 Å². The van der Waals surface area contributed by atoms with Crippen molar-refractivity contribution in [2.45, 2.75) is 32.4 Å². The second kappa shape index (κ2) is 6.31. The number of benzene rings is 1. The number of ether oxygens (including phenoxy) is 1. The number of amides is 1. The number of primary amides is 1. The van der Waals surface area contributed by atoms with Crippen LogP contribution in [-0.2, 0) is 5.41 Å². The fourth-order valence-electron chi connectivity index (χ4n) is 1.77. The molecule has 0 aliphatic heterocycles. The number of halogens is 3. The molecule has 23 heavy (non-hydrogen) atoms. The van der Waals surface area contributed by atoms with Gasteiger partial charge in [0, 0.05) is 17.2 Å². The molecule has 126 valence electrons. The maximum Gasteiger partial charge on any atom is 0.430 e. The first kappa shape index (κ1) is 18.5. The molecule has 0 aliphatic rings. The van der Waals surface area contributed by atoms with Crippen molar-refractivity contribution >= 4 is 11.9 Å². The molecule has 4 N–H and O–H groups in total. The minimum Gasteiger partial charge on any atom is -0.410 e. The van der Waals surface area contributed by atoms with E-state index in [9.17, 15) is 22.8 Å². The Labute approximate surface area is 131 Å². The summed E-state index contributed by atoms with van der Waals surface area (Å²) in [5, 5.41) is 0. The maximum absolute atomic E-state index is 12.4. The van der Waals surface area contributed by atoms with Crippen LogP contribution in [0.4, 0.5) is 18.0 Å². The SMILES string of the molecule is CC(C)(C)c1cc(C(=O)C=C(N)C(F)(F)F)ccc1OC(N)=O. The molecule has 0 aliphatic carbocycles. The second-order valence-electron chi connectivity index (χ2n) is 5.84. The van der Waals surface area contributed by atoms with Crippen LogP contribution in [-0.4, -0.2) is 18.1 Å². The average Bonchev–Trinajstić information content (AvgIpc) is 2.35. The molecule has 0 aromatic heterocycles. The van der Waals surface area contributed by atoms with E-state index < -0.39 is 29.2 Å². The van der Waals surface area contributed by atoms with E-state index in [0.717, 1.165) is 0 Å². The normalized spacial score (nSPS) is 12.9. The fourth-order valence-corrected chi connectivity index (χ4v) is 1.77. The van der Waals surface area contributed by atoms with Crippen LogP contribution >= 0.6 is 0 Å². The van der Waals surface area contributed by atoms with Crippen molar-refractivity contribution in [3.63, 3.8) is 0 Å². The lowest BCUT2D eigenvalue weighted by Gasteiger charge is -2.22.